The first kappa shape index (κ1) is 12.3. The second-order valence-corrected chi connectivity index (χ2v) is 4.10. The van der Waals surface area contributed by atoms with Gasteiger partial charge < -0.3 is 4.52 Å². The maximum atomic E-state index is 8.52. The summed E-state index contributed by atoms with van der Waals surface area (Å²) < 4.78 is 4.95. The fraction of sp³-hybridized carbons (Fsp3) is 0.308. The monoisotopic (exact) mass is 242 g/mol. The molecule has 0 spiro atoms. The van der Waals surface area contributed by atoms with Crippen molar-refractivity contribution in [2.45, 2.75) is 19.5 Å². The highest BCUT2D eigenvalue weighted by molar-refractivity contribution is 5.14. The fourth-order valence-corrected chi connectivity index (χ4v) is 1.69. The number of benzene rings is 1. The lowest BCUT2D eigenvalue weighted by atomic mass is 10.2. The SMILES string of the molecule is CN(Cc1ccccc1)Cc1noc(CC#N)n1. The van der Waals surface area contributed by atoms with Gasteiger partial charge in [0.05, 0.1) is 12.6 Å². The maximum absolute atomic E-state index is 8.52. The topological polar surface area (TPSA) is 66.0 Å². The van der Waals surface area contributed by atoms with Crippen molar-refractivity contribution in [2.24, 2.45) is 0 Å². The molecular formula is C13H14N4O. The molecule has 2 rings (SSSR count). The molecular weight excluding hydrogens is 228 g/mol. The summed E-state index contributed by atoms with van der Waals surface area (Å²) in [5.74, 6) is 0.985. The predicted molar refractivity (Wildman–Crippen MR) is 65.2 cm³/mol. The van der Waals surface area contributed by atoms with Gasteiger partial charge in [-0.25, -0.2) is 0 Å². The number of hydrogen-bond donors (Lipinski definition) is 0. The smallest absolute Gasteiger partial charge is 0.240 e. The van der Waals surface area contributed by atoms with Crippen LogP contribution in [0.2, 0.25) is 0 Å². The Hall–Kier alpha value is -2.19. The molecule has 5 heteroatoms. The summed E-state index contributed by atoms with van der Waals surface area (Å²) >= 11 is 0. The lowest BCUT2D eigenvalue weighted by molar-refractivity contribution is 0.300. The quantitative estimate of drug-likeness (QED) is 0.799. The lowest BCUT2D eigenvalue weighted by Gasteiger charge is -2.13. The third-order valence-electron chi connectivity index (χ3n) is 2.45. The Labute approximate surface area is 106 Å². The van der Waals surface area contributed by atoms with Crippen LogP contribution in [-0.2, 0) is 19.5 Å². The predicted octanol–water partition coefficient (Wildman–Crippen LogP) is 1.77. The average Bonchev–Trinajstić information content (AvgIpc) is 2.78. The summed E-state index contributed by atoms with van der Waals surface area (Å²) in [5.41, 5.74) is 1.24. The molecule has 0 saturated heterocycles. The Morgan fingerprint density at radius 3 is 2.78 bits per heavy atom. The van der Waals surface area contributed by atoms with Crippen molar-refractivity contribution in [1.82, 2.24) is 15.0 Å². The molecule has 1 aromatic carbocycles. The van der Waals surface area contributed by atoms with Crippen LogP contribution >= 0.6 is 0 Å². The molecule has 0 amide bonds. The standard InChI is InChI=1S/C13H14N4O/c1-17(9-11-5-3-2-4-6-11)10-12-15-13(7-8-14)18-16-12/h2-6H,7,9-10H2,1H3. The Balaban J connectivity index is 1.91. The van der Waals surface area contributed by atoms with Crippen LogP contribution in [-0.4, -0.2) is 22.1 Å². The van der Waals surface area contributed by atoms with Crippen LogP contribution in [0.15, 0.2) is 34.9 Å². The van der Waals surface area contributed by atoms with Gasteiger partial charge in [0.1, 0.15) is 6.42 Å². The van der Waals surface area contributed by atoms with Gasteiger partial charge in [-0.3, -0.25) is 4.90 Å². The molecule has 2 aromatic rings. The van der Waals surface area contributed by atoms with E-state index in [0.29, 0.717) is 18.3 Å². The van der Waals surface area contributed by atoms with E-state index < -0.39 is 0 Å². The van der Waals surface area contributed by atoms with Crippen LogP contribution < -0.4 is 0 Å². The number of nitriles is 1. The molecule has 0 bridgehead atoms. The first-order valence-electron chi connectivity index (χ1n) is 5.69. The van der Waals surface area contributed by atoms with E-state index in [-0.39, 0.29) is 6.42 Å². The van der Waals surface area contributed by atoms with Crippen LogP contribution in [0.4, 0.5) is 0 Å². The Morgan fingerprint density at radius 1 is 1.28 bits per heavy atom. The number of rotatable bonds is 5. The van der Waals surface area contributed by atoms with Crippen LogP contribution in [0, 0.1) is 11.3 Å². The van der Waals surface area contributed by atoms with E-state index in [0.717, 1.165) is 6.54 Å². The molecule has 0 N–H and O–H groups in total. The molecule has 92 valence electrons. The average molecular weight is 242 g/mol. The van der Waals surface area contributed by atoms with E-state index in [1.807, 2.05) is 31.3 Å². The zero-order chi connectivity index (χ0) is 12.8. The van der Waals surface area contributed by atoms with Gasteiger partial charge in [0, 0.05) is 6.54 Å². The molecule has 1 aromatic heterocycles. The molecule has 0 aliphatic heterocycles. The van der Waals surface area contributed by atoms with Crippen LogP contribution in [0.1, 0.15) is 17.3 Å². The maximum Gasteiger partial charge on any atom is 0.240 e. The van der Waals surface area contributed by atoms with Crippen molar-refractivity contribution in [3.05, 3.63) is 47.6 Å². The summed E-state index contributed by atoms with van der Waals surface area (Å²) in [6, 6.07) is 12.2. The summed E-state index contributed by atoms with van der Waals surface area (Å²) in [4.78, 5) is 6.23. The minimum atomic E-state index is 0.162. The summed E-state index contributed by atoms with van der Waals surface area (Å²) in [7, 11) is 1.99. The molecule has 0 aliphatic rings. The van der Waals surface area contributed by atoms with Gasteiger partial charge in [-0.15, -0.1) is 0 Å². The van der Waals surface area contributed by atoms with Crippen molar-refractivity contribution in [3.8, 4) is 6.07 Å². The minimum absolute atomic E-state index is 0.162. The van der Waals surface area contributed by atoms with Crippen LogP contribution in [0.3, 0.4) is 0 Å². The van der Waals surface area contributed by atoms with Gasteiger partial charge in [0.15, 0.2) is 5.82 Å². The molecule has 0 unspecified atom stereocenters. The minimum Gasteiger partial charge on any atom is -0.338 e. The number of aromatic nitrogens is 2. The molecule has 1 heterocycles. The molecule has 0 atom stereocenters. The first-order chi connectivity index (χ1) is 8.78. The Bertz CT molecular complexity index is 529. The van der Waals surface area contributed by atoms with Crippen molar-refractivity contribution >= 4 is 0 Å². The Kier molecular flexibility index (Phi) is 4.05. The molecule has 18 heavy (non-hydrogen) atoms. The molecule has 0 fully saturated rings. The highest BCUT2D eigenvalue weighted by Gasteiger charge is 2.08. The number of nitrogens with zero attached hydrogens (tertiary/aromatic N) is 4. The lowest BCUT2D eigenvalue weighted by Crippen LogP contribution is -2.18. The highest BCUT2D eigenvalue weighted by Crippen LogP contribution is 2.06. The highest BCUT2D eigenvalue weighted by atomic mass is 16.5. The van der Waals surface area contributed by atoms with E-state index in [9.17, 15) is 0 Å². The molecule has 5 nitrogen and oxygen atoms in total. The zero-order valence-corrected chi connectivity index (χ0v) is 10.2. The fourth-order valence-electron chi connectivity index (χ4n) is 1.69. The normalized spacial score (nSPS) is 10.5. The van der Waals surface area contributed by atoms with E-state index in [2.05, 4.69) is 27.2 Å². The molecule has 0 radical (unpaired) electrons. The van der Waals surface area contributed by atoms with E-state index in [4.69, 9.17) is 9.78 Å². The van der Waals surface area contributed by atoms with E-state index in [1.54, 1.807) is 0 Å². The van der Waals surface area contributed by atoms with Crippen molar-refractivity contribution in [1.29, 1.82) is 5.26 Å². The number of hydrogen-bond acceptors (Lipinski definition) is 5. The van der Waals surface area contributed by atoms with Crippen molar-refractivity contribution in [2.75, 3.05) is 7.05 Å². The molecule has 0 aliphatic carbocycles. The summed E-state index contributed by atoms with van der Waals surface area (Å²) in [6.07, 6.45) is 0.162. The van der Waals surface area contributed by atoms with E-state index >= 15 is 0 Å². The van der Waals surface area contributed by atoms with Crippen molar-refractivity contribution in [3.63, 3.8) is 0 Å². The van der Waals surface area contributed by atoms with E-state index in [1.165, 1.54) is 5.56 Å². The second kappa shape index (κ2) is 5.94. The van der Waals surface area contributed by atoms with Crippen LogP contribution in [0.5, 0.6) is 0 Å². The first-order valence-corrected chi connectivity index (χ1v) is 5.69. The summed E-state index contributed by atoms with van der Waals surface area (Å²) in [5, 5.41) is 12.4. The van der Waals surface area contributed by atoms with Gasteiger partial charge in [0.25, 0.3) is 0 Å². The van der Waals surface area contributed by atoms with Gasteiger partial charge in [-0.05, 0) is 12.6 Å². The summed E-state index contributed by atoms with van der Waals surface area (Å²) in [6.45, 7) is 1.42. The molecule has 0 saturated carbocycles. The third kappa shape index (κ3) is 3.40. The van der Waals surface area contributed by atoms with Gasteiger partial charge in [0.2, 0.25) is 5.89 Å². The van der Waals surface area contributed by atoms with Gasteiger partial charge in [-0.2, -0.15) is 10.2 Å². The Morgan fingerprint density at radius 2 is 2.06 bits per heavy atom. The third-order valence-corrected chi connectivity index (χ3v) is 2.45. The van der Waals surface area contributed by atoms with Gasteiger partial charge >= 0.3 is 0 Å². The zero-order valence-electron chi connectivity index (χ0n) is 10.2. The largest absolute Gasteiger partial charge is 0.338 e. The van der Waals surface area contributed by atoms with Crippen molar-refractivity contribution < 1.29 is 4.52 Å². The van der Waals surface area contributed by atoms with Crippen LogP contribution in [0.25, 0.3) is 0 Å². The van der Waals surface area contributed by atoms with Gasteiger partial charge in [-0.1, -0.05) is 35.5 Å². The second-order valence-electron chi connectivity index (χ2n) is 4.10.